The Kier molecular flexibility index (Phi) is 5.19. The van der Waals surface area contributed by atoms with Gasteiger partial charge in [-0.05, 0) is 67.7 Å². The standard InChI is InChI=1S/C19H21ClN2S/c1-14(16-7-8-16)22(13-15-5-3-2-4-6-15)19(23)21-18-11-9-17(20)10-12-18/h2-6,9-12,14,16H,7-8,13H2,1H3,(H,21,23). The van der Waals surface area contributed by atoms with Gasteiger partial charge in [0.2, 0.25) is 0 Å². The third-order valence-electron chi connectivity index (χ3n) is 4.35. The van der Waals surface area contributed by atoms with Crippen molar-refractivity contribution in [2.75, 3.05) is 5.32 Å². The summed E-state index contributed by atoms with van der Waals surface area (Å²) < 4.78 is 0. The molecule has 0 amide bonds. The fraction of sp³-hybridized carbons (Fsp3) is 0.316. The first-order valence-electron chi connectivity index (χ1n) is 8.00. The predicted octanol–water partition coefficient (Wildman–Crippen LogP) is 5.34. The van der Waals surface area contributed by atoms with Gasteiger partial charge in [-0.2, -0.15) is 0 Å². The van der Waals surface area contributed by atoms with Crippen molar-refractivity contribution >= 4 is 34.6 Å². The highest BCUT2D eigenvalue weighted by Gasteiger charge is 2.33. The average molecular weight is 345 g/mol. The Morgan fingerprint density at radius 3 is 2.43 bits per heavy atom. The van der Waals surface area contributed by atoms with Crippen molar-refractivity contribution in [3.63, 3.8) is 0 Å². The maximum Gasteiger partial charge on any atom is 0.173 e. The second-order valence-electron chi connectivity index (χ2n) is 6.13. The van der Waals surface area contributed by atoms with Gasteiger partial charge in [0, 0.05) is 23.3 Å². The minimum Gasteiger partial charge on any atom is -0.342 e. The molecule has 0 radical (unpaired) electrons. The Balaban J connectivity index is 1.73. The van der Waals surface area contributed by atoms with Gasteiger partial charge in [0.15, 0.2) is 5.11 Å². The van der Waals surface area contributed by atoms with E-state index < -0.39 is 0 Å². The van der Waals surface area contributed by atoms with Gasteiger partial charge >= 0.3 is 0 Å². The maximum atomic E-state index is 5.95. The molecule has 0 aliphatic heterocycles. The zero-order valence-electron chi connectivity index (χ0n) is 13.2. The topological polar surface area (TPSA) is 15.3 Å². The van der Waals surface area contributed by atoms with Gasteiger partial charge in [-0.3, -0.25) is 0 Å². The normalized spacial score (nSPS) is 15.0. The number of rotatable bonds is 5. The van der Waals surface area contributed by atoms with Crippen molar-refractivity contribution in [1.82, 2.24) is 4.90 Å². The van der Waals surface area contributed by atoms with Crippen LogP contribution in [0.3, 0.4) is 0 Å². The van der Waals surface area contributed by atoms with E-state index in [4.69, 9.17) is 23.8 Å². The lowest BCUT2D eigenvalue weighted by atomic mass is 10.1. The molecule has 1 unspecified atom stereocenters. The highest BCUT2D eigenvalue weighted by Crippen LogP contribution is 2.36. The summed E-state index contributed by atoms with van der Waals surface area (Å²) in [6, 6.07) is 18.6. The molecular formula is C19H21ClN2S. The number of halogens is 1. The lowest BCUT2D eigenvalue weighted by Crippen LogP contribution is -2.41. The van der Waals surface area contributed by atoms with Crippen LogP contribution in [0.15, 0.2) is 54.6 Å². The van der Waals surface area contributed by atoms with E-state index in [0.29, 0.717) is 6.04 Å². The smallest absolute Gasteiger partial charge is 0.173 e. The molecule has 0 bridgehead atoms. The zero-order chi connectivity index (χ0) is 16.2. The molecule has 1 fully saturated rings. The van der Waals surface area contributed by atoms with Gasteiger partial charge in [0.1, 0.15) is 0 Å². The highest BCUT2D eigenvalue weighted by atomic mass is 35.5. The molecule has 1 N–H and O–H groups in total. The summed E-state index contributed by atoms with van der Waals surface area (Å²) in [6.07, 6.45) is 2.60. The summed E-state index contributed by atoms with van der Waals surface area (Å²) >= 11 is 11.6. The summed E-state index contributed by atoms with van der Waals surface area (Å²) in [6.45, 7) is 3.11. The van der Waals surface area contributed by atoms with Gasteiger partial charge in [0.05, 0.1) is 0 Å². The Hall–Kier alpha value is -1.58. The number of benzene rings is 2. The van der Waals surface area contributed by atoms with Gasteiger partial charge in [-0.1, -0.05) is 41.9 Å². The number of nitrogens with one attached hydrogen (secondary N) is 1. The summed E-state index contributed by atoms with van der Waals surface area (Å²) in [5, 5.41) is 4.86. The second-order valence-corrected chi connectivity index (χ2v) is 6.95. The van der Waals surface area contributed by atoms with Gasteiger partial charge in [-0.15, -0.1) is 0 Å². The summed E-state index contributed by atoms with van der Waals surface area (Å²) in [7, 11) is 0. The molecule has 0 aromatic heterocycles. The molecule has 2 aromatic carbocycles. The SMILES string of the molecule is CC(C1CC1)N(Cc1ccccc1)C(=S)Nc1ccc(Cl)cc1. The number of hydrogen-bond donors (Lipinski definition) is 1. The number of anilines is 1. The molecular weight excluding hydrogens is 324 g/mol. The molecule has 0 heterocycles. The van der Waals surface area contributed by atoms with Crippen LogP contribution in [0.5, 0.6) is 0 Å². The first-order chi connectivity index (χ1) is 11.1. The van der Waals surface area contributed by atoms with Crippen LogP contribution in [0.25, 0.3) is 0 Å². The minimum absolute atomic E-state index is 0.447. The third kappa shape index (κ3) is 4.46. The monoisotopic (exact) mass is 344 g/mol. The highest BCUT2D eigenvalue weighted by molar-refractivity contribution is 7.80. The van der Waals surface area contributed by atoms with Crippen LogP contribution in [0.2, 0.25) is 5.02 Å². The van der Waals surface area contributed by atoms with Gasteiger partial charge in [0.25, 0.3) is 0 Å². The van der Waals surface area contributed by atoms with Gasteiger partial charge < -0.3 is 10.2 Å². The van der Waals surface area contributed by atoms with Crippen molar-refractivity contribution in [3.05, 3.63) is 65.2 Å². The van der Waals surface area contributed by atoms with Crippen molar-refractivity contribution < 1.29 is 0 Å². The Bertz CT molecular complexity index is 653. The number of nitrogens with zero attached hydrogens (tertiary/aromatic N) is 1. The van der Waals surface area contributed by atoms with Crippen LogP contribution in [0, 0.1) is 5.92 Å². The lowest BCUT2D eigenvalue weighted by Gasteiger charge is -2.32. The van der Waals surface area contributed by atoms with Crippen LogP contribution in [-0.4, -0.2) is 16.1 Å². The van der Waals surface area contributed by atoms with E-state index in [1.165, 1.54) is 18.4 Å². The summed E-state index contributed by atoms with van der Waals surface area (Å²) in [4.78, 5) is 2.30. The molecule has 23 heavy (non-hydrogen) atoms. The van der Waals surface area contributed by atoms with Crippen LogP contribution >= 0.6 is 23.8 Å². The summed E-state index contributed by atoms with van der Waals surface area (Å²) in [5.41, 5.74) is 2.25. The molecule has 120 valence electrons. The van der Waals surface area contributed by atoms with Crippen LogP contribution in [0.1, 0.15) is 25.3 Å². The largest absolute Gasteiger partial charge is 0.342 e. The van der Waals surface area contributed by atoms with E-state index >= 15 is 0 Å². The van der Waals surface area contributed by atoms with Crippen LogP contribution < -0.4 is 5.32 Å². The van der Waals surface area contributed by atoms with Crippen molar-refractivity contribution in [2.45, 2.75) is 32.4 Å². The molecule has 3 rings (SSSR count). The van der Waals surface area contributed by atoms with Crippen LogP contribution in [-0.2, 0) is 6.54 Å². The fourth-order valence-corrected chi connectivity index (χ4v) is 3.22. The first kappa shape index (κ1) is 16.3. The zero-order valence-corrected chi connectivity index (χ0v) is 14.8. The average Bonchev–Trinajstić information content (AvgIpc) is 3.40. The third-order valence-corrected chi connectivity index (χ3v) is 4.94. The van der Waals surface area contributed by atoms with E-state index in [1.54, 1.807) is 0 Å². The quantitative estimate of drug-likeness (QED) is 0.737. The number of hydrogen-bond acceptors (Lipinski definition) is 1. The summed E-state index contributed by atoms with van der Waals surface area (Å²) in [5.74, 6) is 0.753. The fourth-order valence-electron chi connectivity index (χ4n) is 2.74. The predicted molar refractivity (Wildman–Crippen MR) is 102 cm³/mol. The Morgan fingerprint density at radius 1 is 1.17 bits per heavy atom. The lowest BCUT2D eigenvalue weighted by molar-refractivity contribution is 0.298. The van der Waals surface area contributed by atoms with Crippen molar-refractivity contribution in [2.24, 2.45) is 5.92 Å². The Morgan fingerprint density at radius 2 is 1.83 bits per heavy atom. The second kappa shape index (κ2) is 7.33. The molecule has 1 atom stereocenters. The minimum atomic E-state index is 0.447. The molecule has 1 saturated carbocycles. The maximum absolute atomic E-state index is 5.95. The van der Waals surface area contributed by atoms with E-state index in [1.807, 2.05) is 30.3 Å². The van der Waals surface area contributed by atoms with Crippen LogP contribution in [0.4, 0.5) is 5.69 Å². The molecule has 0 saturated heterocycles. The van der Waals surface area contributed by atoms with Crippen molar-refractivity contribution in [3.8, 4) is 0 Å². The molecule has 1 aliphatic rings. The Labute approximate surface area is 148 Å². The van der Waals surface area contributed by atoms with Gasteiger partial charge in [-0.25, -0.2) is 0 Å². The number of thiocarbonyl (C=S) groups is 1. The van der Waals surface area contributed by atoms with Crippen molar-refractivity contribution in [1.29, 1.82) is 0 Å². The van der Waals surface area contributed by atoms with E-state index in [0.717, 1.165) is 28.3 Å². The van der Waals surface area contributed by atoms with E-state index in [9.17, 15) is 0 Å². The molecule has 2 nitrogen and oxygen atoms in total. The molecule has 1 aliphatic carbocycles. The molecule has 2 aromatic rings. The first-order valence-corrected chi connectivity index (χ1v) is 8.79. The van der Waals surface area contributed by atoms with E-state index in [2.05, 4.69) is 41.4 Å². The molecule has 0 spiro atoms. The van der Waals surface area contributed by atoms with E-state index in [-0.39, 0.29) is 0 Å². The molecule has 4 heteroatoms.